The minimum atomic E-state index is -4.40. The molecule has 0 heterocycles. The summed E-state index contributed by atoms with van der Waals surface area (Å²) < 4.78 is 34.6. The van der Waals surface area contributed by atoms with E-state index in [1.807, 2.05) is 21.1 Å². The molecule has 0 aliphatic heterocycles. The summed E-state index contributed by atoms with van der Waals surface area (Å²) in [7, 11) is 1.45. The topological polar surface area (TPSA) is 108 Å². The summed E-state index contributed by atoms with van der Waals surface area (Å²) in [5, 5.41) is 0. The van der Waals surface area contributed by atoms with Crippen LogP contribution < -0.4 is 0 Å². The third-order valence-corrected chi connectivity index (χ3v) is 14.0. The van der Waals surface area contributed by atoms with E-state index in [0.29, 0.717) is 17.4 Å². The molecule has 2 atom stereocenters. The molecule has 0 saturated carbocycles. The van der Waals surface area contributed by atoms with Gasteiger partial charge < -0.3 is 18.9 Å². The van der Waals surface area contributed by atoms with Crippen molar-refractivity contribution in [2.24, 2.45) is 0 Å². The smallest absolute Gasteiger partial charge is 0.462 e. The van der Waals surface area contributed by atoms with Gasteiger partial charge in [0.05, 0.1) is 27.7 Å². The molecule has 0 rings (SSSR count). The highest BCUT2D eigenvalue weighted by molar-refractivity contribution is 7.47. The number of carbonyl (C=O) groups excluding carboxylic acids is 2. The third kappa shape index (κ3) is 61.6. The second-order valence-corrected chi connectivity index (χ2v) is 23.2. The molecule has 2 unspecified atom stereocenters. The predicted molar refractivity (Wildman–Crippen MR) is 334 cm³/mol. The van der Waals surface area contributed by atoms with Gasteiger partial charge in [0.15, 0.2) is 6.10 Å². The number of quaternary nitrogens is 1. The molecule has 0 fully saturated rings. The Morgan fingerprint density at radius 3 is 1.09 bits per heavy atom. The summed E-state index contributed by atoms with van der Waals surface area (Å²) in [4.78, 5) is 35.8. The van der Waals surface area contributed by atoms with Crippen molar-refractivity contribution in [3.63, 3.8) is 0 Å². The first-order valence-corrected chi connectivity index (χ1v) is 32.8. The van der Waals surface area contributed by atoms with E-state index in [-0.39, 0.29) is 32.0 Å². The van der Waals surface area contributed by atoms with Crippen molar-refractivity contribution in [3.8, 4) is 0 Å². The highest BCUT2D eigenvalue weighted by Gasteiger charge is 2.27. The first-order valence-electron chi connectivity index (χ1n) is 31.3. The molecule has 0 aromatic rings. The maximum atomic E-state index is 12.8. The fraction of sp³-hybridized carbons (Fsp3) is 0.676. The van der Waals surface area contributed by atoms with Gasteiger partial charge in [-0.2, -0.15) is 0 Å². The first-order chi connectivity index (χ1) is 38.0. The number of carbonyl (C=O) groups is 2. The van der Waals surface area contributed by atoms with Crippen LogP contribution in [0.15, 0.2) is 122 Å². The molecular weight excluding hydrogens is 990 g/mol. The third-order valence-electron chi connectivity index (χ3n) is 13.0. The Morgan fingerprint density at radius 2 is 0.731 bits per heavy atom. The molecule has 0 aromatic heterocycles. The lowest BCUT2D eigenvalue weighted by Gasteiger charge is -2.24. The number of phosphoric acid groups is 1. The molecule has 1 N–H and O–H groups in total. The zero-order valence-corrected chi connectivity index (χ0v) is 51.5. The molecule has 0 saturated heterocycles. The Bertz CT molecular complexity index is 1730. The summed E-state index contributed by atoms with van der Waals surface area (Å²) in [6.07, 6.45) is 82.7. The molecule has 446 valence electrons. The van der Waals surface area contributed by atoms with Crippen molar-refractivity contribution < 1.29 is 42.1 Å². The van der Waals surface area contributed by atoms with E-state index in [4.69, 9.17) is 18.5 Å². The van der Waals surface area contributed by atoms with E-state index in [1.54, 1.807) is 0 Å². The molecule has 9 nitrogen and oxygen atoms in total. The normalized spacial score (nSPS) is 14.1. The van der Waals surface area contributed by atoms with E-state index >= 15 is 0 Å². The van der Waals surface area contributed by atoms with Crippen molar-refractivity contribution in [3.05, 3.63) is 122 Å². The van der Waals surface area contributed by atoms with E-state index in [2.05, 4.69) is 135 Å². The summed E-state index contributed by atoms with van der Waals surface area (Å²) >= 11 is 0. The lowest BCUT2D eigenvalue weighted by Crippen LogP contribution is -2.37. The number of rotatable bonds is 56. The van der Waals surface area contributed by atoms with Crippen molar-refractivity contribution in [1.82, 2.24) is 0 Å². The van der Waals surface area contributed by atoms with Crippen LogP contribution in [0, 0.1) is 0 Å². The van der Waals surface area contributed by atoms with Crippen LogP contribution in [0.4, 0.5) is 0 Å². The van der Waals surface area contributed by atoms with Gasteiger partial charge in [0, 0.05) is 12.8 Å². The molecule has 0 bridgehead atoms. The van der Waals surface area contributed by atoms with E-state index in [0.717, 1.165) is 116 Å². The minimum absolute atomic E-state index is 0.0229. The van der Waals surface area contributed by atoms with Gasteiger partial charge in [-0.1, -0.05) is 245 Å². The summed E-state index contributed by atoms with van der Waals surface area (Å²) in [5.41, 5.74) is 0. The van der Waals surface area contributed by atoms with Gasteiger partial charge in [-0.25, -0.2) is 4.57 Å². The number of phosphoric ester groups is 1. The standard InChI is InChI=1S/C68H116NO8P/c1-6-8-10-12-14-16-18-20-22-24-26-28-30-31-32-33-34-35-36-37-39-41-43-45-47-49-51-53-55-57-59-61-68(71)77-66(65-76-78(72,73)75-63-62-69(3,4)5)64-74-67(70)60-58-56-54-52-50-48-46-44-42-40-38-29-27-25-23-21-19-17-15-13-11-9-7-2/h8,10,14,16,19-22,25-28,31-32,34-35,37-40,66H,6-7,9,11-13,15,17-18,23-24,29-30,33,36,41-65H2,1-5H3/p+1/b10-8-,16-14-,21-19-,22-20-,27-25-,28-26-,32-31-,35-34-,39-37-,40-38-. The number of likely N-dealkylation sites (N-methyl/N-ethyl adjacent to an activating group) is 1. The number of nitrogens with zero attached hydrogens (tertiary/aromatic N) is 1. The number of esters is 2. The maximum absolute atomic E-state index is 12.8. The lowest BCUT2D eigenvalue weighted by atomic mass is 10.1. The van der Waals surface area contributed by atoms with E-state index in [1.165, 1.54) is 96.3 Å². The van der Waals surface area contributed by atoms with Crippen LogP contribution in [-0.2, 0) is 32.7 Å². The summed E-state index contributed by atoms with van der Waals surface area (Å²) in [6.45, 7) is 4.29. The van der Waals surface area contributed by atoms with Crippen molar-refractivity contribution in [2.45, 2.75) is 251 Å². The fourth-order valence-corrected chi connectivity index (χ4v) is 8.92. The van der Waals surface area contributed by atoms with Crippen LogP contribution in [0.1, 0.15) is 245 Å². The van der Waals surface area contributed by atoms with Crippen LogP contribution in [0.5, 0.6) is 0 Å². The highest BCUT2D eigenvalue weighted by atomic mass is 31.2. The van der Waals surface area contributed by atoms with Gasteiger partial charge in [0.25, 0.3) is 0 Å². The number of unbranched alkanes of at least 4 members (excludes halogenated alkanes) is 22. The zero-order chi connectivity index (χ0) is 57.0. The second-order valence-electron chi connectivity index (χ2n) is 21.7. The quantitative estimate of drug-likeness (QED) is 0.0211. The monoisotopic (exact) mass is 1110 g/mol. The average molecular weight is 1110 g/mol. The van der Waals surface area contributed by atoms with Crippen LogP contribution >= 0.6 is 7.82 Å². The maximum Gasteiger partial charge on any atom is 0.472 e. The van der Waals surface area contributed by atoms with Crippen LogP contribution in [0.3, 0.4) is 0 Å². The first kappa shape index (κ1) is 74.4. The number of hydrogen-bond donors (Lipinski definition) is 1. The average Bonchev–Trinajstić information content (AvgIpc) is 3.40. The summed E-state index contributed by atoms with van der Waals surface area (Å²) in [6, 6.07) is 0. The van der Waals surface area contributed by atoms with Gasteiger partial charge in [-0.15, -0.1) is 0 Å². The molecule has 0 aliphatic carbocycles. The van der Waals surface area contributed by atoms with Gasteiger partial charge in [-0.05, 0) is 109 Å². The SMILES string of the molecule is CC/C=C\C/C=C\C/C=C\C/C=C\C/C=C\C/C=C\C/C=C\CCCCCCCCCCCC(=O)OC(COC(=O)CCCCCCCCCC/C=C\C/C=C\C/C=C\CCCCCCC)COP(=O)(O)OCC[N+](C)(C)C. The predicted octanol–water partition coefficient (Wildman–Crippen LogP) is 19.9. The lowest BCUT2D eigenvalue weighted by molar-refractivity contribution is -0.870. The van der Waals surface area contributed by atoms with Crippen LogP contribution in [0.2, 0.25) is 0 Å². The molecule has 10 heteroatoms. The van der Waals surface area contributed by atoms with Crippen molar-refractivity contribution in [1.29, 1.82) is 0 Å². The molecule has 0 amide bonds. The molecule has 78 heavy (non-hydrogen) atoms. The Hall–Kier alpha value is -3.59. The highest BCUT2D eigenvalue weighted by Crippen LogP contribution is 2.43. The van der Waals surface area contributed by atoms with Gasteiger partial charge >= 0.3 is 19.8 Å². The van der Waals surface area contributed by atoms with Gasteiger partial charge in [0.1, 0.15) is 19.8 Å². The van der Waals surface area contributed by atoms with Crippen molar-refractivity contribution >= 4 is 19.8 Å². The second kappa shape index (κ2) is 58.1. The van der Waals surface area contributed by atoms with Crippen LogP contribution in [-0.4, -0.2) is 74.9 Å². The Labute approximate surface area is 479 Å². The number of ether oxygens (including phenoxy) is 2. The Balaban J connectivity index is 4.19. The van der Waals surface area contributed by atoms with Gasteiger partial charge in [0.2, 0.25) is 0 Å². The van der Waals surface area contributed by atoms with E-state index in [9.17, 15) is 19.0 Å². The molecule has 0 aliphatic rings. The largest absolute Gasteiger partial charge is 0.472 e. The minimum Gasteiger partial charge on any atom is -0.462 e. The van der Waals surface area contributed by atoms with Crippen molar-refractivity contribution in [2.75, 3.05) is 47.5 Å². The molecular formula is C68H117NO8P+. The van der Waals surface area contributed by atoms with E-state index < -0.39 is 26.5 Å². The summed E-state index contributed by atoms with van der Waals surface area (Å²) in [5.74, 6) is -0.817. The number of hydrogen-bond acceptors (Lipinski definition) is 7. The Morgan fingerprint density at radius 1 is 0.410 bits per heavy atom. The fourth-order valence-electron chi connectivity index (χ4n) is 8.18. The molecule has 0 aromatic carbocycles. The number of allylic oxidation sites excluding steroid dienone is 20. The Kier molecular flexibility index (Phi) is 55.4. The molecule has 0 spiro atoms. The zero-order valence-electron chi connectivity index (χ0n) is 50.6. The van der Waals surface area contributed by atoms with Gasteiger partial charge in [-0.3, -0.25) is 18.6 Å². The molecule has 0 radical (unpaired) electrons. The van der Waals surface area contributed by atoms with Crippen LogP contribution in [0.25, 0.3) is 0 Å².